The van der Waals surface area contributed by atoms with Gasteiger partial charge in [-0.3, -0.25) is 4.79 Å². The summed E-state index contributed by atoms with van der Waals surface area (Å²) in [4.78, 5) is 34.3. The fourth-order valence-electron chi connectivity index (χ4n) is 4.32. The van der Waals surface area contributed by atoms with E-state index in [0.717, 1.165) is 31.4 Å². The third-order valence-electron chi connectivity index (χ3n) is 5.79. The topological polar surface area (TPSA) is 143 Å². The highest BCUT2D eigenvalue weighted by Gasteiger charge is 2.30. The lowest BCUT2D eigenvalue weighted by atomic mass is 9.90. The molecule has 10 heteroatoms. The van der Waals surface area contributed by atoms with Crippen molar-refractivity contribution in [3.8, 4) is 0 Å². The van der Waals surface area contributed by atoms with Gasteiger partial charge in [-0.25, -0.2) is 9.78 Å². The molecule has 1 saturated carbocycles. The summed E-state index contributed by atoms with van der Waals surface area (Å²) < 4.78 is 5.45. The summed E-state index contributed by atoms with van der Waals surface area (Å²) in [6, 6.07) is 7.10. The Morgan fingerprint density at radius 1 is 1.18 bits per heavy atom. The molecule has 182 valence electrons. The van der Waals surface area contributed by atoms with Gasteiger partial charge in [0.05, 0.1) is 11.7 Å². The summed E-state index contributed by atoms with van der Waals surface area (Å²) in [5, 5.41) is 12.5. The molecule has 2 atom stereocenters. The Hall–Kier alpha value is -3.56. The number of fused-ring (bicyclic) bond motifs is 1. The molecule has 2 amide bonds. The quantitative estimate of drug-likeness (QED) is 0.421. The molecule has 2 heterocycles. The summed E-state index contributed by atoms with van der Waals surface area (Å²) in [6.07, 6.45) is 3.92. The third-order valence-corrected chi connectivity index (χ3v) is 5.79. The lowest BCUT2D eigenvalue weighted by Gasteiger charge is -2.33. The number of nitrogen functional groups attached to an aromatic ring is 1. The Kier molecular flexibility index (Phi) is 6.76. The molecule has 1 aromatic heterocycles. The Bertz CT molecular complexity index is 1070. The number of carbonyl (C=O) groups excluding carboxylic acids is 2. The molecule has 1 fully saturated rings. The standard InChI is InChI=1S/C24H33N7O3/c1-24(2,3)34-23(33)30-17-10-5-4-9-16(17)28-22-29-18-11-12-26-21(32)19(18)20(31-22)27-15-8-6-7-14(25)13-15/h6-8,13,16-17H,4-5,9-12,25H2,1-3H3,(H,26,32)(H,30,33)(H2,27,28,29,31)/t16-,17+/m1/s1. The fraction of sp³-hybridized carbons (Fsp3) is 0.500. The molecule has 0 unspecified atom stereocenters. The minimum absolute atomic E-state index is 0.0584. The molecule has 0 spiro atoms. The fourth-order valence-corrected chi connectivity index (χ4v) is 4.32. The zero-order valence-corrected chi connectivity index (χ0v) is 19.9. The Morgan fingerprint density at radius 2 is 1.94 bits per heavy atom. The molecular formula is C24H33N7O3. The molecule has 10 nitrogen and oxygen atoms in total. The van der Waals surface area contributed by atoms with Crippen LogP contribution in [0.4, 0.5) is 27.9 Å². The highest BCUT2D eigenvalue weighted by molar-refractivity contribution is 6.01. The van der Waals surface area contributed by atoms with Crippen LogP contribution in [0.15, 0.2) is 24.3 Å². The van der Waals surface area contributed by atoms with E-state index >= 15 is 0 Å². The van der Waals surface area contributed by atoms with Gasteiger partial charge in [-0.1, -0.05) is 18.9 Å². The highest BCUT2D eigenvalue weighted by Crippen LogP contribution is 2.28. The minimum atomic E-state index is -0.564. The van der Waals surface area contributed by atoms with Gasteiger partial charge in [0.1, 0.15) is 17.0 Å². The van der Waals surface area contributed by atoms with Crippen LogP contribution in [-0.2, 0) is 11.2 Å². The first-order valence-corrected chi connectivity index (χ1v) is 11.8. The summed E-state index contributed by atoms with van der Waals surface area (Å²) >= 11 is 0. The molecule has 1 aliphatic carbocycles. The molecule has 1 aromatic carbocycles. The van der Waals surface area contributed by atoms with Gasteiger partial charge >= 0.3 is 6.09 Å². The van der Waals surface area contributed by atoms with Crippen LogP contribution >= 0.6 is 0 Å². The average molecular weight is 468 g/mol. The van der Waals surface area contributed by atoms with E-state index in [1.807, 2.05) is 32.9 Å². The summed E-state index contributed by atoms with van der Waals surface area (Å²) in [5.41, 5.74) is 7.80. The smallest absolute Gasteiger partial charge is 0.407 e. The molecule has 0 saturated heterocycles. The van der Waals surface area contributed by atoms with Gasteiger partial charge < -0.3 is 31.7 Å². The Balaban J connectivity index is 1.58. The van der Waals surface area contributed by atoms with E-state index in [0.29, 0.717) is 41.7 Å². The number of hydrogen-bond acceptors (Lipinski definition) is 8. The van der Waals surface area contributed by atoms with Crippen molar-refractivity contribution in [1.29, 1.82) is 0 Å². The number of aromatic nitrogens is 2. The lowest BCUT2D eigenvalue weighted by Crippen LogP contribution is -2.50. The van der Waals surface area contributed by atoms with E-state index in [-0.39, 0.29) is 18.0 Å². The molecule has 1 aliphatic heterocycles. The van der Waals surface area contributed by atoms with Gasteiger partial charge in [-0.05, 0) is 51.8 Å². The Morgan fingerprint density at radius 3 is 2.68 bits per heavy atom. The number of nitrogens with two attached hydrogens (primary N) is 1. The van der Waals surface area contributed by atoms with Crippen molar-refractivity contribution in [1.82, 2.24) is 20.6 Å². The second kappa shape index (κ2) is 9.74. The molecular weight excluding hydrogens is 434 g/mol. The largest absolute Gasteiger partial charge is 0.444 e. The van der Waals surface area contributed by atoms with E-state index in [2.05, 4.69) is 31.2 Å². The van der Waals surface area contributed by atoms with Crippen LogP contribution in [0.1, 0.15) is 62.5 Å². The van der Waals surface area contributed by atoms with Crippen molar-refractivity contribution < 1.29 is 14.3 Å². The van der Waals surface area contributed by atoms with Crippen molar-refractivity contribution in [3.05, 3.63) is 35.5 Å². The van der Waals surface area contributed by atoms with Crippen LogP contribution in [-0.4, -0.2) is 46.2 Å². The molecule has 34 heavy (non-hydrogen) atoms. The van der Waals surface area contributed by atoms with E-state index in [4.69, 9.17) is 10.5 Å². The highest BCUT2D eigenvalue weighted by atomic mass is 16.6. The van der Waals surface area contributed by atoms with Gasteiger partial charge in [-0.15, -0.1) is 0 Å². The SMILES string of the molecule is CC(C)(C)OC(=O)N[C@H]1CCCC[C@H]1Nc1nc2c(c(Nc3cccc(N)c3)n1)C(=O)NCC2. The number of benzene rings is 1. The van der Waals surface area contributed by atoms with Crippen molar-refractivity contribution >= 4 is 35.1 Å². The summed E-state index contributed by atoms with van der Waals surface area (Å²) in [6.45, 7) is 6.05. The molecule has 0 bridgehead atoms. The monoisotopic (exact) mass is 467 g/mol. The first-order chi connectivity index (χ1) is 16.2. The van der Waals surface area contributed by atoms with Crippen LogP contribution in [0.3, 0.4) is 0 Å². The van der Waals surface area contributed by atoms with E-state index < -0.39 is 11.7 Å². The zero-order chi connectivity index (χ0) is 24.3. The first kappa shape index (κ1) is 23.6. The number of rotatable bonds is 5. The molecule has 0 radical (unpaired) electrons. The molecule has 6 N–H and O–H groups in total. The maximum Gasteiger partial charge on any atom is 0.407 e. The van der Waals surface area contributed by atoms with Gasteiger partial charge in [0.15, 0.2) is 0 Å². The van der Waals surface area contributed by atoms with Crippen LogP contribution in [0.25, 0.3) is 0 Å². The number of hydrogen-bond donors (Lipinski definition) is 5. The van der Waals surface area contributed by atoms with E-state index in [1.165, 1.54) is 0 Å². The Labute approximate surface area is 199 Å². The van der Waals surface area contributed by atoms with Crippen molar-refractivity contribution in [2.75, 3.05) is 22.9 Å². The first-order valence-electron chi connectivity index (χ1n) is 11.8. The number of nitrogens with zero attached hydrogens (tertiary/aromatic N) is 2. The van der Waals surface area contributed by atoms with Crippen LogP contribution < -0.4 is 27.0 Å². The molecule has 2 aliphatic rings. The summed E-state index contributed by atoms with van der Waals surface area (Å²) in [7, 11) is 0. The average Bonchev–Trinajstić information content (AvgIpc) is 2.74. The maximum atomic E-state index is 12.6. The van der Waals surface area contributed by atoms with Gasteiger partial charge in [-0.2, -0.15) is 4.98 Å². The van der Waals surface area contributed by atoms with Crippen LogP contribution in [0.2, 0.25) is 0 Å². The van der Waals surface area contributed by atoms with E-state index in [9.17, 15) is 9.59 Å². The van der Waals surface area contributed by atoms with E-state index in [1.54, 1.807) is 12.1 Å². The normalized spacial score (nSPS) is 20.0. The number of ether oxygens (including phenoxy) is 1. The second-order valence-electron chi connectivity index (χ2n) is 9.76. The number of nitrogens with one attached hydrogen (secondary N) is 4. The lowest BCUT2D eigenvalue weighted by molar-refractivity contribution is 0.0488. The van der Waals surface area contributed by atoms with Gasteiger partial charge in [0.25, 0.3) is 5.91 Å². The minimum Gasteiger partial charge on any atom is -0.444 e. The molecule has 2 aromatic rings. The third kappa shape index (κ3) is 5.86. The van der Waals surface area contributed by atoms with Crippen LogP contribution in [0.5, 0.6) is 0 Å². The predicted molar refractivity (Wildman–Crippen MR) is 131 cm³/mol. The number of carbonyl (C=O) groups is 2. The number of anilines is 4. The zero-order valence-electron chi connectivity index (χ0n) is 19.9. The van der Waals surface area contributed by atoms with Crippen molar-refractivity contribution in [2.24, 2.45) is 0 Å². The number of amides is 2. The summed E-state index contributed by atoms with van der Waals surface area (Å²) in [5.74, 6) is 0.631. The van der Waals surface area contributed by atoms with Gasteiger partial charge in [0, 0.05) is 30.4 Å². The maximum absolute atomic E-state index is 12.6. The second-order valence-corrected chi connectivity index (χ2v) is 9.76. The van der Waals surface area contributed by atoms with Crippen molar-refractivity contribution in [3.63, 3.8) is 0 Å². The van der Waals surface area contributed by atoms with Crippen LogP contribution in [0, 0.1) is 0 Å². The molecule has 4 rings (SSSR count). The van der Waals surface area contributed by atoms with Crippen molar-refractivity contribution in [2.45, 2.75) is 70.6 Å². The predicted octanol–water partition coefficient (Wildman–Crippen LogP) is 3.34. The number of alkyl carbamates (subject to hydrolysis) is 1. The van der Waals surface area contributed by atoms with Gasteiger partial charge in [0.2, 0.25) is 5.95 Å².